The number of benzene rings is 3. The van der Waals surface area contributed by atoms with E-state index in [-0.39, 0.29) is 5.82 Å². The number of para-hydroxylation sites is 2. The predicted octanol–water partition coefficient (Wildman–Crippen LogP) is 4.86. The number of thiocarbonyl (C=S) groups is 1. The zero-order valence-corrected chi connectivity index (χ0v) is 14.9. The molecule has 1 aliphatic heterocycles. The summed E-state index contributed by atoms with van der Waals surface area (Å²) in [7, 11) is 0. The second kappa shape index (κ2) is 7.14. The number of hydrogen-bond acceptors (Lipinski definition) is 2. The highest BCUT2D eigenvalue weighted by molar-refractivity contribution is 7.80. The number of anilines is 3. The summed E-state index contributed by atoms with van der Waals surface area (Å²) >= 11 is 5.80. The first-order chi connectivity index (χ1) is 12.7. The molecule has 0 spiro atoms. The highest BCUT2D eigenvalue weighted by Gasteiger charge is 2.29. The van der Waals surface area contributed by atoms with Crippen LogP contribution in [0.4, 0.5) is 21.5 Å². The van der Waals surface area contributed by atoms with E-state index in [9.17, 15) is 4.39 Å². The number of halogens is 1. The van der Waals surface area contributed by atoms with Crippen molar-refractivity contribution in [2.45, 2.75) is 0 Å². The maximum Gasteiger partial charge on any atom is 0.183 e. The van der Waals surface area contributed by atoms with E-state index in [0.717, 1.165) is 22.2 Å². The topological polar surface area (TPSA) is 9.72 Å². The van der Waals surface area contributed by atoms with E-state index >= 15 is 0 Å². The Hall–Kier alpha value is -2.92. The van der Waals surface area contributed by atoms with Crippen LogP contribution in [0.2, 0.25) is 0 Å². The Morgan fingerprint density at radius 2 is 1.08 bits per heavy atom. The molecular formula is C21H18FN3S. The van der Waals surface area contributed by atoms with Crippen LogP contribution in [-0.4, -0.2) is 18.4 Å². The summed E-state index contributed by atoms with van der Waals surface area (Å²) in [6, 6.07) is 26.7. The molecule has 0 bridgehead atoms. The van der Waals surface area contributed by atoms with E-state index in [1.807, 2.05) is 60.7 Å². The minimum atomic E-state index is -0.235. The van der Waals surface area contributed by atoms with Gasteiger partial charge >= 0.3 is 0 Å². The smallest absolute Gasteiger partial charge is 0.183 e. The highest BCUT2D eigenvalue weighted by Crippen LogP contribution is 2.28. The van der Waals surface area contributed by atoms with Crippen molar-refractivity contribution >= 4 is 34.4 Å². The summed E-state index contributed by atoms with van der Waals surface area (Å²) in [5, 5.41) is 0.751. The lowest BCUT2D eigenvalue weighted by molar-refractivity contribution is 0.627. The fraction of sp³-hybridized carbons (Fsp3) is 0.0952. The van der Waals surface area contributed by atoms with E-state index in [0.29, 0.717) is 13.3 Å². The van der Waals surface area contributed by atoms with Gasteiger partial charge in [0.15, 0.2) is 5.11 Å². The zero-order chi connectivity index (χ0) is 17.9. The monoisotopic (exact) mass is 363 g/mol. The average molecular weight is 363 g/mol. The third-order valence-corrected chi connectivity index (χ3v) is 4.85. The molecule has 26 heavy (non-hydrogen) atoms. The Morgan fingerprint density at radius 3 is 1.54 bits per heavy atom. The predicted molar refractivity (Wildman–Crippen MR) is 109 cm³/mol. The summed E-state index contributed by atoms with van der Waals surface area (Å²) < 4.78 is 13.3. The van der Waals surface area contributed by atoms with Crippen LogP contribution in [0, 0.1) is 5.82 Å². The fourth-order valence-corrected chi connectivity index (χ4v) is 3.39. The van der Waals surface area contributed by atoms with Crippen molar-refractivity contribution in [1.82, 2.24) is 0 Å². The Kier molecular flexibility index (Phi) is 4.54. The summed E-state index contributed by atoms with van der Waals surface area (Å²) in [5.41, 5.74) is 3.02. The van der Waals surface area contributed by atoms with E-state index in [1.54, 1.807) is 12.1 Å². The Balaban J connectivity index is 1.72. The van der Waals surface area contributed by atoms with Crippen LogP contribution in [0.25, 0.3) is 0 Å². The van der Waals surface area contributed by atoms with Crippen molar-refractivity contribution in [3.05, 3.63) is 90.7 Å². The lowest BCUT2D eigenvalue weighted by atomic mass is 10.2. The van der Waals surface area contributed by atoms with Gasteiger partial charge in [0, 0.05) is 17.1 Å². The molecule has 5 heteroatoms. The molecule has 1 heterocycles. The Labute approximate surface area is 157 Å². The first-order valence-corrected chi connectivity index (χ1v) is 8.83. The van der Waals surface area contributed by atoms with Gasteiger partial charge < -0.3 is 14.7 Å². The fourth-order valence-electron chi connectivity index (χ4n) is 3.07. The van der Waals surface area contributed by atoms with Crippen LogP contribution < -0.4 is 14.7 Å². The standard InChI is InChI=1S/C21H18FN3S/c22-17-11-13-18(14-12-17)23-15-24(19-7-3-1-4-8-19)21(26)25(16-23)20-9-5-2-6-10-20/h1-14H,15-16H2. The summed E-state index contributed by atoms with van der Waals surface area (Å²) in [5.74, 6) is -0.235. The van der Waals surface area contributed by atoms with E-state index < -0.39 is 0 Å². The van der Waals surface area contributed by atoms with Crippen LogP contribution in [0.1, 0.15) is 0 Å². The van der Waals surface area contributed by atoms with Gasteiger partial charge in [-0.05, 0) is 60.7 Å². The van der Waals surface area contributed by atoms with E-state index in [2.05, 4.69) is 14.7 Å². The van der Waals surface area contributed by atoms with Crippen LogP contribution >= 0.6 is 12.2 Å². The number of hydrogen-bond donors (Lipinski definition) is 0. The first-order valence-electron chi connectivity index (χ1n) is 8.42. The van der Waals surface area contributed by atoms with Gasteiger partial charge in [0.25, 0.3) is 0 Å². The van der Waals surface area contributed by atoms with Gasteiger partial charge in [-0.25, -0.2) is 4.39 Å². The Morgan fingerprint density at radius 1 is 0.615 bits per heavy atom. The lowest BCUT2D eigenvalue weighted by Gasteiger charge is -2.45. The molecule has 0 atom stereocenters. The van der Waals surface area contributed by atoms with Crippen LogP contribution in [0.3, 0.4) is 0 Å². The molecule has 0 unspecified atom stereocenters. The minimum absolute atomic E-state index is 0.235. The van der Waals surface area contributed by atoms with Gasteiger partial charge in [0.1, 0.15) is 5.82 Å². The van der Waals surface area contributed by atoms with Crippen molar-refractivity contribution in [2.75, 3.05) is 28.0 Å². The Bertz CT molecular complexity index is 833. The van der Waals surface area contributed by atoms with Gasteiger partial charge in [0.05, 0.1) is 13.3 Å². The summed E-state index contributed by atoms with van der Waals surface area (Å²) in [6.07, 6.45) is 0. The molecule has 0 aliphatic carbocycles. The SMILES string of the molecule is Fc1ccc(N2CN(c3ccccc3)C(=S)N(c3ccccc3)C2)cc1. The molecule has 3 nitrogen and oxygen atoms in total. The molecule has 0 aromatic heterocycles. The lowest BCUT2D eigenvalue weighted by Crippen LogP contribution is -2.58. The van der Waals surface area contributed by atoms with Gasteiger partial charge in [-0.1, -0.05) is 36.4 Å². The molecule has 130 valence electrons. The van der Waals surface area contributed by atoms with Crippen molar-refractivity contribution < 1.29 is 4.39 Å². The molecule has 4 rings (SSSR count). The van der Waals surface area contributed by atoms with Crippen molar-refractivity contribution in [3.8, 4) is 0 Å². The second-order valence-corrected chi connectivity index (χ2v) is 6.47. The maximum absolute atomic E-state index is 13.3. The number of nitrogens with zero attached hydrogens (tertiary/aromatic N) is 3. The molecule has 3 aromatic carbocycles. The molecule has 0 radical (unpaired) electrons. The van der Waals surface area contributed by atoms with E-state index in [4.69, 9.17) is 12.2 Å². The van der Waals surface area contributed by atoms with Crippen LogP contribution in [0.5, 0.6) is 0 Å². The van der Waals surface area contributed by atoms with Gasteiger partial charge in [0.2, 0.25) is 0 Å². The normalized spacial score (nSPS) is 14.7. The average Bonchev–Trinajstić information content (AvgIpc) is 2.70. The van der Waals surface area contributed by atoms with Crippen molar-refractivity contribution in [2.24, 2.45) is 0 Å². The molecule has 0 amide bonds. The quantitative estimate of drug-likeness (QED) is 0.615. The summed E-state index contributed by atoms with van der Waals surface area (Å²) in [4.78, 5) is 6.36. The molecule has 0 saturated carbocycles. The second-order valence-electron chi connectivity index (χ2n) is 6.11. The van der Waals surface area contributed by atoms with E-state index in [1.165, 1.54) is 12.1 Å². The van der Waals surface area contributed by atoms with Gasteiger partial charge in [-0.3, -0.25) is 0 Å². The molecular weight excluding hydrogens is 345 g/mol. The highest BCUT2D eigenvalue weighted by atomic mass is 32.1. The van der Waals surface area contributed by atoms with Gasteiger partial charge in [-0.2, -0.15) is 0 Å². The van der Waals surface area contributed by atoms with Crippen LogP contribution in [-0.2, 0) is 0 Å². The number of rotatable bonds is 3. The van der Waals surface area contributed by atoms with Crippen LogP contribution in [0.15, 0.2) is 84.9 Å². The first kappa shape index (κ1) is 16.5. The van der Waals surface area contributed by atoms with Gasteiger partial charge in [-0.15, -0.1) is 0 Å². The molecule has 3 aromatic rings. The molecule has 1 saturated heterocycles. The third kappa shape index (κ3) is 3.26. The maximum atomic E-state index is 13.3. The third-order valence-electron chi connectivity index (χ3n) is 4.41. The van der Waals surface area contributed by atoms with Crippen molar-refractivity contribution in [3.63, 3.8) is 0 Å². The molecule has 1 aliphatic rings. The summed E-state index contributed by atoms with van der Waals surface area (Å²) in [6.45, 7) is 1.22. The molecule has 1 fully saturated rings. The van der Waals surface area contributed by atoms with Crippen molar-refractivity contribution in [1.29, 1.82) is 0 Å². The zero-order valence-electron chi connectivity index (χ0n) is 14.1. The minimum Gasteiger partial charge on any atom is -0.335 e. The molecule has 0 N–H and O–H groups in total. The largest absolute Gasteiger partial charge is 0.335 e.